The van der Waals surface area contributed by atoms with Crippen molar-refractivity contribution in [2.45, 2.75) is 19.9 Å². The topological polar surface area (TPSA) is 68.0 Å². The van der Waals surface area contributed by atoms with Gasteiger partial charge in [-0.3, -0.25) is 9.78 Å². The molecule has 1 heterocycles. The second-order valence-corrected chi connectivity index (χ2v) is 4.56. The molecule has 1 amide bonds. The number of nitrogens with one attached hydrogen (secondary N) is 1. The first-order valence-electron chi connectivity index (χ1n) is 6.16. The van der Waals surface area contributed by atoms with E-state index >= 15 is 0 Å². The van der Waals surface area contributed by atoms with E-state index in [4.69, 9.17) is 5.73 Å². The van der Waals surface area contributed by atoms with Crippen molar-refractivity contribution in [3.63, 3.8) is 0 Å². The minimum Gasteiger partial charge on any atom is -0.324 e. The molecule has 0 saturated heterocycles. The summed E-state index contributed by atoms with van der Waals surface area (Å²) < 4.78 is 0. The summed E-state index contributed by atoms with van der Waals surface area (Å²) in [5.41, 5.74) is 8.96. The van der Waals surface area contributed by atoms with E-state index in [2.05, 4.69) is 10.3 Å². The quantitative estimate of drug-likeness (QED) is 0.886. The summed E-state index contributed by atoms with van der Waals surface area (Å²) in [6, 6.07) is 11.0. The lowest BCUT2D eigenvalue weighted by Crippen LogP contribution is -2.13. The Hall–Kier alpha value is -2.20. The lowest BCUT2D eigenvalue weighted by atomic mass is 10.1. The highest BCUT2D eigenvalue weighted by Gasteiger charge is 2.07. The predicted octanol–water partition coefficient (Wildman–Crippen LogP) is 2.66. The van der Waals surface area contributed by atoms with Crippen molar-refractivity contribution in [2.24, 2.45) is 5.73 Å². The van der Waals surface area contributed by atoms with E-state index in [1.807, 2.05) is 44.2 Å². The van der Waals surface area contributed by atoms with Gasteiger partial charge >= 0.3 is 0 Å². The van der Waals surface area contributed by atoms with Gasteiger partial charge in [0.15, 0.2) is 0 Å². The maximum absolute atomic E-state index is 12.0. The highest BCUT2D eigenvalue weighted by atomic mass is 16.1. The summed E-state index contributed by atoms with van der Waals surface area (Å²) in [7, 11) is 0. The van der Waals surface area contributed by atoms with Crippen LogP contribution in [0.25, 0.3) is 0 Å². The van der Waals surface area contributed by atoms with Crippen molar-refractivity contribution < 1.29 is 4.79 Å². The summed E-state index contributed by atoms with van der Waals surface area (Å²) in [5, 5.41) is 2.84. The number of pyridine rings is 1. The first kappa shape index (κ1) is 13.2. The van der Waals surface area contributed by atoms with Crippen molar-refractivity contribution in [1.29, 1.82) is 0 Å². The smallest absolute Gasteiger partial charge is 0.257 e. The van der Waals surface area contributed by atoms with Crippen LogP contribution in [0.5, 0.6) is 0 Å². The molecule has 4 nitrogen and oxygen atoms in total. The van der Waals surface area contributed by atoms with Gasteiger partial charge in [-0.2, -0.15) is 0 Å². The van der Waals surface area contributed by atoms with Gasteiger partial charge in [-0.15, -0.1) is 0 Å². The zero-order chi connectivity index (χ0) is 13.8. The van der Waals surface area contributed by atoms with E-state index in [0.29, 0.717) is 5.56 Å². The second-order valence-electron chi connectivity index (χ2n) is 4.56. The summed E-state index contributed by atoms with van der Waals surface area (Å²) in [5.74, 6) is -0.172. The number of aromatic nitrogens is 1. The van der Waals surface area contributed by atoms with Crippen LogP contribution in [0.2, 0.25) is 0 Å². The highest BCUT2D eigenvalue weighted by molar-refractivity contribution is 6.04. The molecule has 0 saturated carbocycles. The summed E-state index contributed by atoms with van der Waals surface area (Å²) in [6.07, 6.45) is 1.57. The van der Waals surface area contributed by atoms with Gasteiger partial charge < -0.3 is 11.1 Å². The molecule has 1 aromatic carbocycles. The predicted molar refractivity (Wildman–Crippen MR) is 76.0 cm³/mol. The fraction of sp³-hybridized carbons (Fsp3) is 0.200. The molecule has 3 N–H and O–H groups in total. The number of anilines is 1. The molecule has 0 radical (unpaired) electrons. The Morgan fingerprint density at radius 3 is 2.74 bits per heavy atom. The van der Waals surface area contributed by atoms with Gasteiger partial charge in [-0.1, -0.05) is 12.1 Å². The fourth-order valence-electron chi connectivity index (χ4n) is 1.71. The Bertz CT molecular complexity index is 576. The molecule has 0 aliphatic heterocycles. The van der Waals surface area contributed by atoms with Crippen molar-refractivity contribution in [3.05, 3.63) is 59.4 Å². The molecule has 4 heteroatoms. The number of hydrogen-bond donors (Lipinski definition) is 2. The third-order valence-electron chi connectivity index (χ3n) is 2.84. The molecule has 0 spiro atoms. The Morgan fingerprint density at radius 1 is 1.32 bits per heavy atom. The van der Waals surface area contributed by atoms with E-state index in [9.17, 15) is 4.79 Å². The number of hydrogen-bond acceptors (Lipinski definition) is 3. The van der Waals surface area contributed by atoms with Gasteiger partial charge in [0.1, 0.15) is 0 Å². The van der Waals surface area contributed by atoms with E-state index in [-0.39, 0.29) is 11.9 Å². The lowest BCUT2D eigenvalue weighted by Gasteiger charge is -2.09. The zero-order valence-electron chi connectivity index (χ0n) is 11.1. The number of carbonyl (C=O) groups is 1. The normalized spacial score (nSPS) is 11.9. The summed E-state index contributed by atoms with van der Waals surface area (Å²) >= 11 is 0. The standard InChI is InChI=1S/C15H17N3O/c1-10-6-7-13(9-17-10)15(19)18-14-5-3-4-12(8-14)11(2)16/h3-9,11H,16H2,1-2H3,(H,18,19). The Balaban J connectivity index is 2.14. The maximum Gasteiger partial charge on any atom is 0.257 e. The number of nitrogens with two attached hydrogens (primary N) is 1. The average Bonchev–Trinajstić information content (AvgIpc) is 2.39. The molecule has 0 bridgehead atoms. The molecular weight excluding hydrogens is 238 g/mol. The highest BCUT2D eigenvalue weighted by Crippen LogP contribution is 2.16. The number of benzene rings is 1. The Morgan fingerprint density at radius 2 is 2.11 bits per heavy atom. The fourth-order valence-corrected chi connectivity index (χ4v) is 1.71. The molecule has 98 valence electrons. The minimum atomic E-state index is -0.172. The number of nitrogens with zero attached hydrogens (tertiary/aromatic N) is 1. The monoisotopic (exact) mass is 255 g/mol. The third kappa shape index (κ3) is 3.39. The third-order valence-corrected chi connectivity index (χ3v) is 2.84. The number of aryl methyl sites for hydroxylation is 1. The second kappa shape index (κ2) is 5.63. The SMILES string of the molecule is Cc1ccc(C(=O)Nc2cccc(C(C)N)c2)cn1. The minimum absolute atomic E-state index is 0.0575. The molecule has 2 rings (SSSR count). The van der Waals surface area contributed by atoms with Crippen LogP contribution >= 0.6 is 0 Å². The number of rotatable bonds is 3. The molecular formula is C15H17N3O. The molecule has 2 aromatic rings. The molecule has 0 fully saturated rings. The maximum atomic E-state index is 12.0. The van der Waals surface area contributed by atoms with Gasteiger partial charge in [0, 0.05) is 23.6 Å². The van der Waals surface area contributed by atoms with Crippen LogP contribution < -0.4 is 11.1 Å². The molecule has 1 aromatic heterocycles. The van der Waals surface area contributed by atoms with Gasteiger partial charge in [0.05, 0.1) is 5.56 Å². The van der Waals surface area contributed by atoms with E-state index in [1.165, 1.54) is 0 Å². The van der Waals surface area contributed by atoms with E-state index in [1.54, 1.807) is 12.3 Å². The van der Waals surface area contributed by atoms with Crippen LogP contribution in [-0.4, -0.2) is 10.9 Å². The van der Waals surface area contributed by atoms with Crippen LogP contribution in [0.4, 0.5) is 5.69 Å². The van der Waals surface area contributed by atoms with E-state index < -0.39 is 0 Å². The first-order valence-corrected chi connectivity index (χ1v) is 6.16. The number of amides is 1. The van der Waals surface area contributed by atoms with Crippen molar-refractivity contribution in [2.75, 3.05) is 5.32 Å². The average molecular weight is 255 g/mol. The van der Waals surface area contributed by atoms with Crippen LogP contribution in [0.1, 0.15) is 34.6 Å². The molecule has 0 aliphatic rings. The molecule has 1 unspecified atom stereocenters. The molecule has 1 atom stereocenters. The van der Waals surface area contributed by atoms with Gasteiger partial charge in [0.25, 0.3) is 5.91 Å². The van der Waals surface area contributed by atoms with Crippen LogP contribution in [0.15, 0.2) is 42.6 Å². The van der Waals surface area contributed by atoms with Crippen molar-refractivity contribution in [1.82, 2.24) is 4.98 Å². The van der Waals surface area contributed by atoms with Crippen LogP contribution in [-0.2, 0) is 0 Å². The Kier molecular flexibility index (Phi) is 3.92. The van der Waals surface area contributed by atoms with E-state index in [0.717, 1.165) is 16.9 Å². The van der Waals surface area contributed by atoms with Crippen LogP contribution in [0.3, 0.4) is 0 Å². The molecule has 0 aliphatic carbocycles. The van der Waals surface area contributed by atoms with Crippen molar-refractivity contribution >= 4 is 11.6 Å². The Labute approximate surface area is 112 Å². The van der Waals surface area contributed by atoms with Gasteiger partial charge in [-0.25, -0.2) is 0 Å². The largest absolute Gasteiger partial charge is 0.324 e. The van der Waals surface area contributed by atoms with Gasteiger partial charge in [0.2, 0.25) is 0 Å². The lowest BCUT2D eigenvalue weighted by molar-refractivity contribution is 0.102. The zero-order valence-corrected chi connectivity index (χ0v) is 11.1. The summed E-state index contributed by atoms with van der Waals surface area (Å²) in [4.78, 5) is 16.1. The summed E-state index contributed by atoms with van der Waals surface area (Å²) in [6.45, 7) is 3.79. The van der Waals surface area contributed by atoms with Crippen LogP contribution in [0, 0.1) is 6.92 Å². The van der Waals surface area contributed by atoms with Crippen molar-refractivity contribution in [3.8, 4) is 0 Å². The number of carbonyl (C=O) groups excluding carboxylic acids is 1. The first-order chi connectivity index (χ1) is 9.06. The molecule has 19 heavy (non-hydrogen) atoms. The van der Waals surface area contributed by atoms with Gasteiger partial charge in [-0.05, 0) is 43.7 Å².